The molecule has 1 aliphatic heterocycles. The van der Waals surface area contributed by atoms with Crippen molar-refractivity contribution in [2.45, 2.75) is 6.18 Å². The normalized spacial score (nSPS) is 13.9. The number of aromatic nitrogens is 2. The van der Waals surface area contributed by atoms with Crippen molar-refractivity contribution in [1.82, 2.24) is 15.1 Å². The summed E-state index contributed by atoms with van der Waals surface area (Å²) >= 11 is 0. The maximum Gasteiger partial charge on any atom is 0.416 e. The SMILES string of the molecule is COc1cc(-c2ccc(N3CCN(C(=O)c4ccc(C(F)(F)F)cc4)CC3)nn2)cc(OC)c1OC. The highest BCUT2D eigenvalue weighted by Crippen LogP contribution is 2.40. The molecule has 2 aromatic carbocycles. The van der Waals surface area contributed by atoms with Crippen LogP contribution in [-0.2, 0) is 6.18 Å². The van der Waals surface area contributed by atoms with Gasteiger partial charge in [-0.15, -0.1) is 10.2 Å². The number of anilines is 1. The lowest BCUT2D eigenvalue weighted by atomic mass is 10.1. The highest BCUT2D eigenvalue weighted by molar-refractivity contribution is 5.94. The lowest BCUT2D eigenvalue weighted by molar-refractivity contribution is -0.137. The fourth-order valence-corrected chi connectivity index (χ4v) is 4.00. The van der Waals surface area contributed by atoms with E-state index in [2.05, 4.69) is 10.2 Å². The first-order valence-corrected chi connectivity index (χ1v) is 11.1. The number of rotatable bonds is 6. The first-order chi connectivity index (χ1) is 17.2. The monoisotopic (exact) mass is 502 g/mol. The zero-order valence-electron chi connectivity index (χ0n) is 20.0. The molecule has 36 heavy (non-hydrogen) atoms. The van der Waals surface area contributed by atoms with E-state index in [9.17, 15) is 18.0 Å². The molecule has 0 N–H and O–H groups in total. The van der Waals surface area contributed by atoms with E-state index in [1.54, 1.807) is 17.0 Å². The van der Waals surface area contributed by atoms with E-state index in [4.69, 9.17) is 14.2 Å². The molecular formula is C25H25F3N4O4. The van der Waals surface area contributed by atoms with E-state index in [0.717, 1.165) is 17.7 Å². The molecule has 0 unspecified atom stereocenters. The van der Waals surface area contributed by atoms with Crippen LogP contribution in [0.15, 0.2) is 48.5 Å². The molecule has 2 heterocycles. The lowest BCUT2D eigenvalue weighted by Gasteiger charge is -2.35. The number of ether oxygens (including phenoxy) is 3. The number of nitrogens with zero attached hydrogens (tertiary/aromatic N) is 4. The molecule has 0 spiro atoms. The molecule has 4 rings (SSSR count). The molecule has 0 radical (unpaired) electrons. The summed E-state index contributed by atoms with van der Waals surface area (Å²) in [5.41, 5.74) is 0.813. The first-order valence-electron chi connectivity index (χ1n) is 11.1. The molecular weight excluding hydrogens is 477 g/mol. The highest BCUT2D eigenvalue weighted by atomic mass is 19.4. The van der Waals surface area contributed by atoms with Crippen LogP contribution in [0.5, 0.6) is 17.2 Å². The highest BCUT2D eigenvalue weighted by Gasteiger charge is 2.31. The van der Waals surface area contributed by atoms with Gasteiger partial charge in [0.2, 0.25) is 5.75 Å². The van der Waals surface area contributed by atoms with Crippen molar-refractivity contribution in [3.05, 3.63) is 59.7 Å². The number of carbonyl (C=O) groups excluding carboxylic acids is 1. The number of benzene rings is 2. The van der Waals surface area contributed by atoms with Gasteiger partial charge in [0.25, 0.3) is 5.91 Å². The van der Waals surface area contributed by atoms with E-state index in [-0.39, 0.29) is 11.5 Å². The van der Waals surface area contributed by atoms with E-state index in [0.29, 0.717) is 54.9 Å². The van der Waals surface area contributed by atoms with Gasteiger partial charge in [-0.3, -0.25) is 4.79 Å². The minimum absolute atomic E-state index is 0.228. The van der Waals surface area contributed by atoms with Gasteiger partial charge in [0.05, 0.1) is 32.6 Å². The van der Waals surface area contributed by atoms with Gasteiger partial charge in [-0.2, -0.15) is 13.2 Å². The zero-order chi connectivity index (χ0) is 25.9. The van der Waals surface area contributed by atoms with Crippen LogP contribution in [0.1, 0.15) is 15.9 Å². The molecule has 11 heteroatoms. The van der Waals surface area contributed by atoms with Crippen LogP contribution in [0, 0.1) is 0 Å². The summed E-state index contributed by atoms with van der Waals surface area (Å²) < 4.78 is 54.5. The summed E-state index contributed by atoms with van der Waals surface area (Å²) in [7, 11) is 4.61. The second-order valence-electron chi connectivity index (χ2n) is 8.05. The van der Waals surface area contributed by atoms with Crippen LogP contribution >= 0.6 is 0 Å². The first kappa shape index (κ1) is 25.1. The maximum atomic E-state index is 12.8. The predicted molar refractivity (Wildman–Crippen MR) is 127 cm³/mol. The van der Waals surface area contributed by atoms with Gasteiger partial charge in [0.1, 0.15) is 0 Å². The number of hydrogen-bond acceptors (Lipinski definition) is 7. The molecule has 3 aromatic rings. The predicted octanol–water partition coefficient (Wildman–Crippen LogP) is 4.15. The van der Waals surface area contributed by atoms with E-state index < -0.39 is 11.7 Å². The van der Waals surface area contributed by atoms with E-state index >= 15 is 0 Å². The number of amides is 1. The van der Waals surface area contributed by atoms with Gasteiger partial charge >= 0.3 is 6.18 Å². The fourth-order valence-electron chi connectivity index (χ4n) is 4.00. The molecule has 1 amide bonds. The molecule has 0 atom stereocenters. The largest absolute Gasteiger partial charge is 0.493 e. The number of alkyl halides is 3. The Morgan fingerprint density at radius 1 is 0.833 bits per heavy atom. The summed E-state index contributed by atoms with van der Waals surface area (Å²) in [4.78, 5) is 16.3. The number of hydrogen-bond donors (Lipinski definition) is 0. The maximum absolute atomic E-state index is 12.8. The second-order valence-corrected chi connectivity index (χ2v) is 8.05. The van der Waals surface area contributed by atoms with Gasteiger partial charge in [0, 0.05) is 37.3 Å². The molecule has 1 aromatic heterocycles. The van der Waals surface area contributed by atoms with Gasteiger partial charge in [-0.1, -0.05) is 0 Å². The van der Waals surface area contributed by atoms with Crippen LogP contribution in [0.25, 0.3) is 11.3 Å². The van der Waals surface area contributed by atoms with Crippen LogP contribution in [0.3, 0.4) is 0 Å². The Bertz CT molecular complexity index is 1180. The van der Waals surface area contributed by atoms with Crippen molar-refractivity contribution < 1.29 is 32.2 Å². The van der Waals surface area contributed by atoms with Gasteiger partial charge in [0.15, 0.2) is 17.3 Å². The van der Waals surface area contributed by atoms with Gasteiger partial charge in [-0.25, -0.2) is 0 Å². The Balaban J connectivity index is 1.41. The minimum atomic E-state index is -4.44. The molecule has 1 saturated heterocycles. The van der Waals surface area contributed by atoms with Crippen LogP contribution < -0.4 is 19.1 Å². The summed E-state index contributed by atoms with van der Waals surface area (Å²) in [6, 6.07) is 11.5. The minimum Gasteiger partial charge on any atom is -0.493 e. The van der Waals surface area contributed by atoms with Crippen LogP contribution in [0.4, 0.5) is 19.0 Å². The Morgan fingerprint density at radius 2 is 1.44 bits per heavy atom. The van der Waals surface area contributed by atoms with Crippen molar-refractivity contribution in [3.8, 4) is 28.5 Å². The molecule has 1 fully saturated rings. The smallest absolute Gasteiger partial charge is 0.416 e. The lowest BCUT2D eigenvalue weighted by Crippen LogP contribution is -2.49. The van der Waals surface area contributed by atoms with Gasteiger partial charge in [-0.05, 0) is 48.5 Å². The molecule has 190 valence electrons. The number of halogens is 3. The molecule has 0 aliphatic carbocycles. The Hall–Kier alpha value is -4.02. The third kappa shape index (κ3) is 5.14. The Labute approximate surface area is 206 Å². The average molecular weight is 502 g/mol. The summed E-state index contributed by atoms with van der Waals surface area (Å²) in [6.07, 6.45) is -4.44. The second kappa shape index (κ2) is 10.3. The zero-order valence-corrected chi connectivity index (χ0v) is 20.0. The summed E-state index contributed by atoms with van der Waals surface area (Å²) in [5.74, 6) is 1.86. The van der Waals surface area contributed by atoms with Gasteiger partial charge < -0.3 is 24.0 Å². The molecule has 0 saturated carbocycles. The third-order valence-electron chi connectivity index (χ3n) is 5.96. The summed E-state index contributed by atoms with van der Waals surface area (Å²) in [6.45, 7) is 1.86. The van der Waals surface area contributed by atoms with Crippen LogP contribution in [-0.4, -0.2) is 68.5 Å². The van der Waals surface area contributed by atoms with E-state index in [1.807, 2.05) is 17.0 Å². The standard InChI is InChI=1S/C25H25F3N4O4/c1-34-20-14-17(15-21(35-2)23(20)36-3)19-8-9-22(30-29-19)31-10-12-32(13-11-31)24(33)16-4-6-18(7-5-16)25(26,27)28/h4-9,14-15H,10-13H2,1-3H3. The van der Waals surface area contributed by atoms with E-state index in [1.165, 1.54) is 33.5 Å². The molecule has 1 aliphatic rings. The quantitative estimate of drug-likeness (QED) is 0.501. The summed E-state index contributed by atoms with van der Waals surface area (Å²) in [5, 5.41) is 8.69. The number of carbonyl (C=O) groups is 1. The molecule has 8 nitrogen and oxygen atoms in total. The number of piperazine rings is 1. The Morgan fingerprint density at radius 3 is 1.92 bits per heavy atom. The van der Waals surface area contributed by atoms with Crippen molar-refractivity contribution in [3.63, 3.8) is 0 Å². The van der Waals surface area contributed by atoms with Crippen LogP contribution in [0.2, 0.25) is 0 Å². The topological polar surface area (TPSA) is 77.0 Å². The van der Waals surface area contributed by atoms with Crippen molar-refractivity contribution in [2.24, 2.45) is 0 Å². The third-order valence-corrected chi connectivity index (χ3v) is 5.96. The molecule has 0 bridgehead atoms. The Kier molecular flexibility index (Phi) is 7.18. The average Bonchev–Trinajstić information content (AvgIpc) is 2.91. The van der Waals surface area contributed by atoms with Crippen molar-refractivity contribution in [1.29, 1.82) is 0 Å². The number of methoxy groups -OCH3 is 3. The van der Waals surface area contributed by atoms with Crippen molar-refractivity contribution in [2.75, 3.05) is 52.4 Å². The van der Waals surface area contributed by atoms with Crippen molar-refractivity contribution >= 4 is 11.7 Å². The fraction of sp³-hybridized carbons (Fsp3) is 0.320.